The van der Waals surface area contributed by atoms with E-state index in [2.05, 4.69) is 34.5 Å². The van der Waals surface area contributed by atoms with Crippen molar-refractivity contribution < 1.29 is 9.53 Å². The summed E-state index contributed by atoms with van der Waals surface area (Å²) in [7, 11) is 1.84. The topological polar surface area (TPSA) is 71.4 Å². The number of morpholine rings is 1. The molecule has 0 spiro atoms. The summed E-state index contributed by atoms with van der Waals surface area (Å²) in [5, 5.41) is 10.5. The SMILES string of the molecule is Cc1c(-c2ccccc2)nn(C)c1NC(=O)NCC(C)(C)N1CCOCC1. The van der Waals surface area contributed by atoms with Crippen LogP contribution in [0.25, 0.3) is 11.3 Å². The molecule has 0 atom stereocenters. The Labute approximate surface area is 160 Å². The van der Waals surface area contributed by atoms with Crippen LogP contribution in [0.1, 0.15) is 19.4 Å². The molecule has 7 heteroatoms. The van der Waals surface area contributed by atoms with E-state index >= 15 is 0 Å². The lowest BCUT2D eigenvalue weighted by Crippen LogP contribution is -2.55. The number of hydrogen-bond acceptors (Lipinski definition) is 4. The Bertz CT molecular complexity index is 779. The molecular formula is C20H29N5O2. The quantitative estimate of drug-likeness (QED) is 0.848. The van der Waals surface area contributed by atoms with Gasteiger partial charge in [-0.25, -0.2) is 4.79 Å². The highest BCUT2D eigenvalue weighted by Gasteiger charge is 2.28. The van der Waals surface area contributed by atoms with Gasteiger partial charge in [-0.3, -0.25) is 14.9 Å². The maximum atomic E-state index is 12.5. The van der Waals surface area contributed by atoms with E-state index in [9.17, 15) is 4.79 Å². The first-order chi connectivity index (χ1) is 12.9. The number of aromatic nitrogens is 2. The molecule has 3 rings (SSSR count). The molecule has 0 saturated carbocycles. The third-order valence-corrected chi connectivity index (χ3v) is 5.11. The zero-order valence-electron chi connectivity index (χ0n) is 16.6. The Morgan fingerprint density at radius 3 is 2.56 bits per heavy atom. The first-order valence-corrected chi connectivity index (χ1v) is 9.35. The molecule has 1 aromatic heterocycles. The van der Waals surface area contributed by atoms with Gasteiger partial charge in [-0.1, -0.05) is 30.3 Å². The number of rotatable bonds is 5. The van der Waals surface area contributed by atoms with Gasteiger partial charge in [-0.05, 0) is 20.8 Å². The molecule has 0 radical (unpaired) electrons. The van der Waals surface area contributed by atoms with Crippen molar-refractivity contribution in [1.82, 2.24) is 20.0 Å². The van der Waals surface area contributed by atoms with Gasteiger partial charge < -0.3 is 10.1 Å². The fourth-order valence-electron chi connectivity index (χ4n) is 3.40. The van der Waals surface area contributed by atoms with Crippen LogP contribution < -0.4 is 10.6 Å². The van der Waals surface area contributed by atoms with Crippen molar-refractivity contribution in [2.75, 3.05) is 38.2 Å². The second-order valence-electron chi connectivity index (χ2n) is 7.53. The fourth-order valence-corrected chi connectivity index (χ4v) is 3.40. The van der Waals surface area contributed by atoms with Crippen molar-refractivity contribution in [3.8, 4) is 11.3 Å². The number of amides is 2. The zero-order chi connectivity index (χ0) is 19.4. The van der Waals surface area contributed by atoms with Crippen molar-refractivity contribution in [3.05, 3.63) is 35.9 Å². The molecule has 0 bridgehead atoms. The minimum Gasteiger partial charge on any atom is -0.379 e. The minimum absolute atomic E-state index is 0.127. The van der Waals surface area contributed by atoms with Gasteiger partial charge in [0.15, 0.2) is 0 Å². The molecular weight excluding hydrogens is 342 g/mol. The van der Waals surface area contributed by atoms with E-state index in [1.165, 1.54) is 0 Å². The predicted octanol–water partition coefficient (Wildman–Crippen LogP) is 2.63. The molecule has 2 aromatic rings. The van der Waals surface area contributed by atoms with Crippen molar-refractivity contribution in [3.63, 3.8) is 0 Å². The van der Waals surface area contributed by atoms with Crippen LogP contribution in [-0.2, 0) is 11.8 Å². The lowest BCUT2D eigenvalue weighted by Gasteiger charge is -2.40. The Hall–Kier alpha value is -2.38. The molecule has 2 N–H and O–H groups in total. The van der Waals surface area contributed by atoms with Crippen LogP contribution in [0.3, 0.4) is 0 Å². The molecule has 27 heavy (non-hydrogen) atoms. The molecule has 146 valence electrons. The van der Waals surface area contributed by atoms with Gasteiger partial charge >= 0.3 is 6.03 Å². The van der Waals surface area contributed by atoms with Crippen LogP contribution in [-0.4, -0.2) is 59.1 Å². The average molecular weight is 371 g/mol. The number of hydrogen-bond donors (Lipinski definition) is 2. The van der Waals surface area contributed by atoms with Gasteiger partial charge in [0.25, 0.3) is 0 Å². The van der Waals surface area contributed by atoms with Crippen LogP contribution in [0.2, 0.25) is 0 Å². The second kappa shape index (κ2) is 8.10. The molecule has 1 aliphatic rings. The Balaban J connectivity index is 1.63. The van der Waals surface area contributed by atoms with E-state index in [0.717, 1.165) is 43.1 Å². The molecule has 1 aromatic carbocycles. The number of nitrogens with zero attached hydrogens (tertiary/aromatic N) is 3. The number of nitrogens with one attached hydrogen (secondary N) is 2. The van der Waals surface area contributed by atoms with Crippen LogP contribution in [0.4, 0.5) is 10.6 Å². The maximum absolute atomic E-state index is 12.5. The van der Waals surface area contributed by atoms with E-state index in [0.29, 0.717) is 12.4 Å². The Morgan fingerprint density at radius 1 is 1.22 bits per heavy atom. The minimum atomic E-state index is -0.220. The molecule has 0 unspecified atom stereocenters. The molecule has 0 aliphatic carbocycles. The summed E-state index contributed by atoms with van der Waals surface area (Å²) >= 11 is 0. The van der Waals surface area contributed by atoms with E-state index in [4.69, 9.17) is 4.74 Å². The number of carbonyl (C=O) groups excluding carboxylic acids is 1. The molecule has 7 nitrogen and oxygen atoms in total. The summed E-state index contributed by atoms with van der Waals surface area (Å²) in [5.41, 5.74) is 2.73. The molecule has 1 aliphatic heterocycles. The fraction of sp³-hybridized carbons (Fsp3) is 0.500. The van der Waals surface area contributed by atoms with Gasteiger partial charge in [0.1, 0.15) is 5.82 Å². The van der Waals surface area contributed by atoms with Gasteiger partial charge in [0, 0.05) is 43.3 Å². The first-order valence-electron chi connectivity index (χ1n) is 9.35. The van der Waals surface area contributed by atoms with Crippen LogP contribution in [0, 0.1) is 6.92 Å². The highest BCUT2D eigenvalue weighted by molar-refractivity contribution is 5.90. The predicted molar refractivity (Wildman–Crippen MR) is 107 cm³/mol. The second-order valence-corrected chi connectivity index (χ2v) is 7.53. The number of anilines is 1. The summed E-state index contributed by atoms with van der Waals surface area (Å²) in [5.74, 6) is 0.704. The Morgan fingerprint density at radius 2 is 1.89 bits per heavy atom. The van der Waals surface area contributed by atoms with Crippen molar-refractivity contribution in [1.29, 1.82) is 0 Å². The molecule has 1 saturated heterocycles. The monoisotopic (exact) mass is 371 g/mol. The number of urea groups is 1. The molecule has 2 heterocycles. The lowest BCUT2D eigenvalue weighted by molar-refractivity contribution is -0.00863. The van der Waals surface area contributed by atoms with E-state index in [-0.39, 0.29) is 11.6 Å². The van der Waals surface area contributed by atoms with Gasteiger partial charge in [-0.15, -0.1) is 0 Å². The van der Waals surface area contributed by atoms with Crippen molar-refractivity contribution in [2.45, 2.75) is 26.3 Å². The maximum Gasteiger partial charge on any atom is 0.320 e. The van der Waals surface area contributed by atoms with Crippen molar-refractivity contribution >= 4 is 11.8 Å². The summed E-state index contributed by atoms with van der Waals surface area (Å²) in [6.07, 6.45) is 0. The van der Waals surface area contributed by atoms with E-state index < -0.39 is 0 Å². The third kappa shape index (κ3) is 4.48. The van der Waals surface area contributed by atoms with Crippen molar-refractivity contribution in [2.24, 2.45) is 7.05 Å². The number of ether oxygens (including phenoxy) is 1. The lowest BCUT2D eigenvalue weighted by atomic mass is 10.0. The van der Waals surface area contributed by atoms with Gasteiger partial charge in [0.2, 0.25) is 0 Å². The van der Waals surface area contributed by atoms with Gasteiger partial charge in [0.05, 0.1) is 18.9 Å². The highest BCUT2D eigenvalue weighted by Crippen LogP contribution is 2.27. The number of benzene rings is 1. The molecule has 2 amide bonds. The Kier molecular flexibility index (Phi) is 5.82. The molecule has 1 fully saturated rings. The normalized spacial score (nSPS) is 15.6. The zero-order valence-corrected chi connectivity index (χ0v) is 16.6. The van der Waals surface area contributed by atoms with Crippen LogP contribution in [0.15, 0.2) is 30.3 Å². The van der Waals surface area contributed by atoms with Crippen LogP contribution in [0.5, 0.6) is 0 Å². The average Bonchev–Trinajstić information content (AvgIpc) is 2.96. The largest absolute Gasteiger partial charge is 0.379 e. The highest BCUT2D eigenvalue weighted by atomic mass is 16.5. The smallest absolute Gasteiger partial charge is 0.320 e. The first kappa shape index (κ1) is 19.4. The summed E-state index contributed by atoms with van der Waals surface area (Å²) in [6.45, 7) is 10.1. The third-order valence-electron chi connectivity index (χ3n) is 5.11. The standard InChI is InChI=1S/C20H29N5O2/c1-15-17(16-8-6-5-7-9-16)23-24(4)18(15)22-19(26)21-14-20(2,3)25-10-12-27-13-11-25/h5-9H,10-14H2,1-4H3,(H2,21,22,26). The summed E-state index contributed by atoms with van der Waals surface area (Å²) in [4.78, 5) is 14.8. The number of aryl methyl sites for hydroxylation is 1. The van der Waals surface area contributed by atoms with E-state index in [1.807, 2.05) is 44.3 Å². The number of carbonyl (C=O) groups is 1. The van der Waals surface area contributed by atoms with Crippen LogP contribution >= 0.6 is 0 Å². The van der Waals surface area contributed by atoms with Gasteiger partial charge in [-0.2, -0.15) is 5.10 Å². The summed E-state index contributed by atoms with van der Waals surface area (Å²) in [6, 6.07) is 9.76. The summed E-state index contributed by atoms with van der Waals surface area (Å²) < 4.78 is 7.13. The van der Waals surface area contributed by atoms with E-state index in [1.54, 1.807) is 4.68 Å².